The maximum absolute atomic E-state index is 9.33. The molecule has 1 heterocycles. The predicted octanol–water partition coefficient (Wildman–Crippen LogP) is 5.28. The van der Waals surface area contributed by atoms with Crippen LogP contribution in [-0.4, -0.2) is 30.1 Å². The van der Waals surface area contributed by atoms with Gasteiger partial charge in [-0.1, -0.05) is 30.8 Å². The van der Waals surface area contributed by atoms with Gasteiger partial charge >= 0.3 is 0 Å². The first-order chi connectivity index (χ1) is 12.0. The first-order valence-corrected chi connectivity index (χ1v) is 9.71. The van der Waals surface area contributed by atoms with Crippen LogP contribution >= 0.6 is 11.8 Å². The van der Waals surface area contributed by atoms with Gasteiger partial charge in [-0.15, -0.1) is 0 Å². The molecule has 0 unspecified atom stereocenters. The van der Waals surface area contributed by atoms with Gasteiger partial charge in [-0.2, -0.15) is 5.26 Å². The fourth-order valence-corrected chi connectivity index (χ4v) is 4.51. The number of nitrogens with zero attached hydrogens (tertiary/aromatic N) is 3. The number of para-hydroxylation sites is 1. The van der Waals surface area contributed by atoms with Crippen LogP contribution in [0.15, 0.2) is 52.3 Å². The summed E-state index contributed by atoms with van der Waals surface area (Å²) in [5.41, 5.74) is 3.10. The molecule has 2 aromatic rings. The molecule has 3 rings (SSSR count). The molecule has 0 spiro atoms. The zero-order valence-electron chi connectivity index (χ0n) is 15.4. The fraction of sp³-hybridized carbons (Fsp3) is 0.381. The lowest BCUT2D eigenvalue weighted by Gasteiger charge is -2.40. The molecule has 130 valence electrons. The summed E-state index contributed by atoms with van der Waals surface area (Å²) < 4.78 is 0. The molecule has 0 N–H and O–H groups in total. The van der Waals surface area contributed by atoms with Gasteiger partial charge in [0.25, 0.3) is 0 Å². The van der Waals surface area contributed by atoms with Gasteiger partial charge in [0.2, 0.25) is 0 Å². The molecule has 0 radical (unpaired) electrons. The largest absolute Gasteiger partial charge is 0.335 e. The van der Waals surface area contributed by atoms with Gasteiger partial charge in [-0.3, -0.25) is 4.90 Å². The third kappa shape index (κ3) is 3.53. The van der Waals surface area contributed by atoms with Gasteiger partial charge in [0.05, 0.1) is 23.0 Å². The van der Waals surface area contributed by atoms with E-state index < -0.39 is 0 Å². The van der Waals surface area contributed by atoms with Crippen molar-refractivity contribution < 1.29 is 0 Å². The van der Waals surface area contributed by atoms with Crippen molar-refractivity contribution in [3.63, 3.8) is 0 Å². The Hall–Kier alpha value is -1.96. The van der Waals surface area contributed by atoms with Crippen LogP contribution in [0.25, 0.3) is 0 Å². The van der Waals surface area contributed by atoms with Crippen molar-refractivity contribution in [2.45, 2.75) is 49.6 Å². The lowest BCUT2D eigenvalue weighted by Crippen LogP contribution is -2.43. The number of hydrogen-bond donors (Lipinski definition) is 0. The first-order valence-electron chi connectivity index (χ1n) is 8.89. The second kappa shape index (κ2) is 7.51. The highest BCUT2D eigenvalue weighted by Crippen LogP contribution is 2.49. The van der Waals surface area contributed by atoms with Crippen molar-refractivity contribution in [1.82, 2.24) is 4.90 Å². The molecule has 0 fully saturated rings. The second-order valence-corrected chi connectivity index (χ2v) is 7.85. The highest BCUT2D eigenvalue weighted by atomic mass is 32.2. The van der Waals surface area contributed by atoms with Gasteiger partial charge < -0.3 is 4.90 Å². The Morgan fingerprint density at radius 1 is 1.08 bits per heavy atom. The van der Waals surface area contributed by atoms with Gasteiger partial charge in [0.1, 0.15) is 0 Å². The Morgan fingerprint density at radius 2 is 1.80 bits per heavy atom. The van der Waals surface area contributed by atoms with Crippen LogP contribution in [0.3, 0.4) is 0 Å². The highest BCUT2D eigenvalue weighted by molar-refractivity contribution is 7.99. The average Bonchev–Trinajstić information content (AvgIpc) is 2.63. The average molecular weight is 352 g/mol. The van der Waals surface area contributed by atoms with Crippen LogP contribution in [-0.2, 0) is 0 Å². The predicted molar refractivity (Wildman–Crippen MR) is 106 cm³/mol. The molecule has 1 atom stereocenters. The SMILES string of the molecule is CCN(C[C@@H](C)N1c2ccccc2Sc2ccc(C#N)cc21)C(C)C. The van der Waals surface area contributed by atoms with Gasteiger partial charge in [0.15, 0.2) is 0 Å². The standard InChI is InChI=1S/C21H25N3S/c1-5-23(15(2)3)14-16(4)24-18-8-6-7-9-20(18)25-21-11-10-17(13-22)12-19(21)24/h6-12,15-16H,5,14H2,1-4H3/t16-/m1/s1. The topological polar surface area (TPSA) is 30.3 Å². The molecule has 3 nitrogen and oxygen atoms in total. The molecule has 0 amide bonds. The fourth-order valence-electron chi connectivity index (χ4n) is 3.45. The molecule has 1 aliphatic rings. The Bertz CT molecular complexity index is 794. The monoisotopic (exact) mass is 351 g/mol. The molecule has 4 heteroatoms. The quantitative estimate of drug-likeness (QED) is 0.733. The van der Waals surface area contributed by atoms with E-state index in [4.69, 9.17) is 0 Å². The van der Waals surface area contributed by atoms with Crippen molar-refractivity contribution in [2.24, 2.45) is 0 Å². The molecular formula is C21H25N3S. The minimum Gasteiger partial charge on any atom is -0.335 e. The first kappa shape index (κ1) is 17.8. The summed E-state index contributed by atoms with van der Waals surface area (Å²) in [5, 5.41) is 9.33. The Balaban J connectivity index is 2.04. The minimum absolute atomic E-state index is 0.317. The van der Waals surface area contributed by atoms with Gasteiger partial charge in [0, 0.05) is 28.4 Å². The lowest BCUT2D eigenvalue weighted by molar-refractivity contribution is 0.222. The molecule has 0 saturated carbocycles. The molecule has 0 aromatic heterocycles. The van der Waals surface area contributed by atoms with Crippen molar-refractivity contribution >= 4 is 23.1 Å². The number of fused-ring (bicyclic) bond motifs is 2. The molecule has 0 aliphatic carbocycles. The zero-order valence-corrected chi connectivity index (χ0v) is 16.2. The van der Waals surface area contributed by atoms with E-state index in [0.717, 1.165) is 18.8 Å². The Kier molecular flexibility index (Phi) is 5.36. The number of anilines is 2. The maximum atomic E-state index is 9.33. The summed E-state index contributed by atoms with van der Waals surface area (Å²) in [6.45, 7) is 11.0. The van der Waals surface area contributed by atoms with Gasteiger partial charge in [-0.25, -0.2) is 0 Å². The third-order valence-corrected chi connectivity index (χ3v) is 5.90. The van der Waals surface area contributed by atoms with E-state index in [-0.39, 0.29) is 0 Å². The normalized spacial score (nSPS) is 14.2. The Morgan fingerprint density at radius 3 is 2.48 bits per heavy atom. The van der Waals surface area contributed by atoms with Crippen LogP contribution in [0.1, 0.15) is 33.3 Å². The molecule has 2 aromatic carbocycles. The summed E-state index contributed by atoms with van der Waals surface area (Å²) in [6.07, 6.45) is 0. The van der Waals surface area contributed by atoms with E-state index >= 15 is 0 Å². The van der Waals surface area contributed by atoms with E-state index in [1.54, 1.807) is 11.8 Å². The van der Waals surface area contributed by atoms with Crippen LogP contribution < -0.4 is 4.90 Å². The maximum Gasteiger partial charge on any atom is 0.0992 e. The van der Waals surface area contributed by atoms with Crippen LogP contribution in [0, 0.1) is 11.3 Å². The smallest absolute Gasteiger partial charge is 0.0992 e. The van der Waals surface area contributed by atoms with Crippen molar-refractivity contribution in [3.8, 4) is 6.07 Å². The Labute approximate surface area is 155 Å². The van der Waals surface area contributed by atoms with Crippen molar-refractivity contribution in [1.29, 1.82) is 5.26 Å². The molecule has 0 saturated heterocycles. The third-order valence-electron chi connectivity index (χ3n) is 4.77. The minimum atomic E-state index is 0.317. The van der Waals surface area contributed by atoms with Crippen LogP contribution in [0.4, 0.5) is 11.4 Å². The van der Waals surface area contributed by atoms with E-state index in [9.17, 15) is 5.26 Å². The lowest BCUT2D eigenvalue weighted by atomic mass is 10.1. The van der Waals surface area contributed by atoms with Gasteiger partial charge in [-0.05, 0) is 57.6 Å². The number of benzene rings is 2. The molecule has 0 bridgehead atoms. The summed E-state index contributed by atoms with van der Waals surface area (Å²) in [5.74, 6) is 0. The summed E-state index contributed by atoms with van der Waals surface area (Å²) in [6, 6.07) is 17.7. The van der Waals surface area contributed by atoms with E-state index in [1.807, 2.05) is 12.1 Å². The molecular weight excluding hydrogens is 326 g/mol. The van der Waals surface area contributed by atoms with Crippen LogP contribution in [0.5, 0.6) is 0 Å². The second-order valence-electron chi connectivity index (χ2n) is 6.76. The van der Waals surface area contributed by atoms with Crippen molar-refractivity contribution in [3.05, 3.63) is 48.0 Å². The number of hydrogen-bond acceptors (Lipinski definition) is 4. The number of rotatable bonds is 5. The number of nitriles is 1. The summed E-state index contributed by atoms with van der Waals surface area (Å²) in [7, 11) is 0. The van der Waals surface area contributed by atoms with E-state index in [0.29, 0.717) is 17.6 Å². The number of likely N-dealkylation sites (N-methyl/N-ethyl adjacent to an activating group) is 1. The van der Waals surface area contributed by atoms with E-state index in [1.165, 1.54) is 15.5 Å². The summed E-state index contributed by atoms with van der Waals surface area (Å²) in [4.78, 5) is 7.40. The molecule has 1 aliphatic heterocycles. The van der Waals surface area contributed by atoms with Crippen LogP contribution in [0.2, 0.25) is 0 Å². The van der Waals surface area contributed by atoms with Crippen molar-refractivity contribution in [2.75, 3.05) is 18.0 Å². The summed E-state index contributed by atoms with van der Waals surface area (Å²) >= 11 is 1.79. The zero-order chi connectivity index (χ0) is 18.0. The molecule has 25 heavy (non-hydrogen) atoms. The highest BCUT2D eigenvalue weighted by Gasteiger charge is 2.28. The van der Waals surface area contributed by atoms with E-state index in [2.05, 4.69) is 73.9 Å².